The van der Waals surface area contributed by atoms with Crippen LogP contribution in [-0.4, -0.2) is 53.3 Å². The van der Waals surface area contributed by atoms with Crippen LogP contribution in [-0.2, 0) is 4.79 Å². The molecule has 1 spiro atoms. The van der Waals surface area contributed by atoms with Gasteiger partial charge >= 0.3 is 0 Å². The number of amides is 2. The second-order valence-electron chi connectivity index (χ2n) is 6.86. The van der Waals surface area contributed by atoms with E-state index in [-0.39, 0.29) is 22.8 Å². The SMILES string of the molecule is Cc1c(C(=O)N2CCC3(CC2)CC(=O)N(C)C3)c[nH]c(=O)c1C#N. The lowest BCUT2D eigenvalue weighted by atomic mass is 9.77. The van der Waals surface area contributed by atoms with Gasteiger partial charge in [-0.3, -0.25) is 14.4 Å². The third kappa shape index (κ3) is 2.58. The van der Waals surface area contributed by atoms with Gasteiger partial charge in [0.1, 0.15) is 11.6 Å². The van der Waals surface area contributed by atoms with Gasteiger partial charge in [-0.1, -0.05) is 0 Å². The minimum Gasteiger partial charge on any atom is -0.345 e. The maximum absolute atomic E-state index is 12.7. The molecule has 7 heteroatoms. The maximum Gasteiger partial charge on any atom is 0.266 e. The Bertz CT molecular complexity index is 797. The Kier molecular flexibility index (Phi) is 3.91. The molecule has 0 radical (unpaired) electrons. The quantitative estimate of drug-likeness (QED) is 0.818. The molecule has 0 aliphatic carbocycles. The average Bonchev–Trinajstić information content (AvgIpc) is 2.82. The third-order valence-electron chi connectivity index (χ3n) is 5.33. The lowest BCUT2D eigenvalue weighted by Gasteiger charge is -2.38. The minimum absolute atomic E-state index is 0.0134. The van der Waals surface area contributed by atoms with E-state index in [1.807, 2.05) is 13.1 Å². The van der Waals surface area contributed by atoms with Gasteiger partial charge in [-0.05, 0) is 25.3 Å². The van der Waals surface area contributed by atoms with E-state index in [4.69, 9.17) is 5.26 Å². The van der Waals surface area contributed by atoms with E-state index in [1.165, 1.54) is 6.20 Å². The number of pyridine rings is 1. The predicted octanol–water partition coefficient (Wildman–Crippen LogP) is 0.639. The summed E-state index contributed by atoms with van der Waals surface area (Å²) in [5.74, 6) is -0.00213. The Balaban J connectivity index is 1.76. The normalized spacial score (nSPS) is 19.6. The smallest absolute Gasteiger partial charge is 0.266 e. The van der Waals surface area contributed by atoms with Crippen molar-refractivity contribution >= 4 is 11.8 Å². The van der Waals surface area contributed by atoms with Crippen LogP contribution in [0, 0.1) is 23.7 Å². The van der Waals surface area contributed by atoms with Crippen molar-refractivity contribution in [3.8, 4) is 6.07 Å². The highest BCUT2D eigenvalue weighted by molar-refractivity contribution is 5.96. The van der Waals surface area contributed by atoms with Crippen molar-refractivity contribution in [3.63, 3.8) is 0 Å². The van der Waals surface area contributed by atoms with Crippen molar-refractivity contribution in [1.82, 2.24) is 14.8 Å². The summed E-state index contributed by atoms with van der Waals surface area (Å²) in [5, 5.41) is 9.07. The Hall–Kier alpha value is -2.62. The molecule has 1 aromatic heterocycles. The number of piperidine rings is 1. The van der Waals surface area contributed by atoms with Crippen molar-refractivity contribution in [3.05, 3.63) is 33.2 Å². The number of hydrogen-bond donors (Lipinski definition) is 1. The molecule has 2 amide bonds. The maximum atomic E-state index is 12.7. The molecule has 2 fully saturated rings. The highest BCUT2D eigenvalue weighted by Crippen LogP contribution is 2.40. The number of nitrogens with zero attached hydrogens (tertiary/aromatic N) is 3. The lowest BCUT2D eigenvalue weighted by molar-refractivity contribution is -0.126. The van der Waals surface area contributed by atoms with Gasteiger partial charge in [0.25, 0.3) is 11.5 Å². The van der Waals surface area contributed by atoms with E-state index in [0.717, 1.165) is 19.4 Å². The molecular weight excluding hydrogens is 308 g/mol. The topological polar surface area (TPSA) is 97.3 Å². The molecule has 2 saturated heterocycles. The first-order valence-electron chi connectivity index (χ1n) is 8.02. The zero-order valence-electron chi connectivity index (χ0n) is 13.9. The average molecular weight is 328 g/mol. The van der Waals surface area contributed by atoms with Gasteiger partial charge in [-0.2, -0.15) is 5.26 Å². The number of nitrogens with one attached hydrogen (secondary N) is 1. The third-order valence-corrected chi connectivity index (χ3v) is 5.33. The summed E-state index contributed by atoms with van der Waals surface area (Å²) >= 11 is 0. The van der Waals surface area contributed by atoms with Crippen LogP contribution in [0.4, 0.5) is 0 Å². The lowest BCUT2D eigenvalue weighted by Crippen LogP contribution is -2.44. The van der Waals surface area contributed by atoms with Crippen molar-refractivity contribution in [1.29, 1.82) is 5.26 Å². The first kappa shape index (κ1) is 16.2. The monoisotopic (exact) mass is 328 g/mol. The van der Waals surface area contributed by atoms with E-state index >= 15 is 0 Å². The number of rotatable bonds is 1. The van der Waals surface area contributed by atoms with Gasteiger partial charge in [0.2, 0.25) is 5.91 Å². The van der Waals surface area contributed by atoms with Crippen LogP contribution in [0.1, 0.15) is 40.7 Å². The Morgan fingerprint density at radius 1 is 1.33 bits per heavy atom. The fourth-order valence-electron chi connectivity index (χ4n) is 3.77. The molecule has 0 atom stereocenters. The summed E-state index contributed by atoms with van der Waals surface area (Å²) in [6, 6.07) is 1.85. The van der Waals surface area contributed by atoms with Crippen LogP contribution in [0.2, 0.25) is 0 Å². The number of carbonyl (C=O) groups excluding carboxylic acids is 2. The molecule has 2 aliphatic rings. The second-order valence-corrected chi connectivity index (χ2v) is 6.86. The van der Waals surface area contributed by atoms with E-state index < -0.39 is 5.56 Å². The molecule has 7 nitrogen and oxygen atoms in total. The Morgan fingerprint density at radius 3 is 2.54 bits per heavy atom. The zero-order chi connectivity index (χ0) is 17.5. The fraction of sp³-hybridized carbons (Fsp3) is 0.529. The van der Waals surface area contributed by atoms with Crippen molar-refractivity contribution < 1.29 is 9.59 Å². The molecule has 24 heavy (non-hydrogen) atoms. The molecule has 3 heterocycles. The van der Waals surface area contributed by atoms with Crippen LogP contribution in [0.25, 0.3) is 0 Å². The summed E-state index contributed by atoms with van der Waals surface area (Å²) in [6.45, 7) is 3.54. The van der Waals surface area contributed by atoms with Crippen LogP contribution in [0.5, 0.6) is 0 Å². The van der Waals surface area contributed by atoms with E-state index in [9.17, 15) is 14.4 Å². The summed E-state index contributed by atoms with van der Waals surface area (Å²) in [7, 11) is 1.82. The van der Waals surface area contributed by atoms with Crippen LogP contribution >= 0.6 is 0 Å². The molecular formula is C17H20N4O3. The molecule has 0 unspecified atom stereocenters. The van der Waals surface area contributed by atoms with Gasteiger partial charge in [0.05, 0.1) is 5.56 Å². The van der Waals surface area contributed by atoms with Crippen LogP contribution in [0.15, 0.2) is 11.0 Å². The van der Waals surface area contributed by atoms with E-state index in [0.29, 0.717) is 30.6 Å². The highest BCUT2D eigenvalue weighted by atomic mass is 16.2. The molecule has 2 aliphatic heterocycles. The van der Waals surface area contributed by atoms with Gasteiger partial charge in [0.15, 0.2) is 0 Å². The number of carbonyl (C=O) groups is 2. The predicted molar refractivity (Wildman–Crippen MR) is 86.3 cm³/mol. The molecule has 1 N–H and O–H groups in total. The van der Waals surface area contributed by atoms with Gasteiger partial charge in [0, 0.05) is 44.7 Å². The van der Waals surface area contributed by atoms with Gasteiger partial charge < -0.3 is 14.8 Å². The van der Waals surface area contributed by atoms with Crippen LogP contribution in [0.3, 0.4) is 0 Å². The highest BCUT2D eigenvalue weighted by Gasteiger charge is 2.44. The number of H-pyrrole nitrogens is 1. The van der Waals surface area contributed by atoms with Gasteiger partial charge in [-0.15, -0.1) is 0 Å². The Labute approximate surface area is 139 Å². The molecule has 3 rings (SSSR count). The van der Waals surface area contributed by atoms with Crippen molar-refractivity contribution in [2.45, 2.75) is 26.2 Å². The number of aromatic amines is 1. The standard InChI is InChI=1S/C17H20N4O3/c1-11-12(8-18)15(23)19-9-13(11)16(24)21-5-3-17(4-6-21)7-14(22)20(2)10-17/h9H,3-7,10H2,1-2H3,(H,19,23). The second kappa shape index (κ2) is 5.78. The first-order chi connectivity index (χ1) is 11.4. The molecule has 1 aromatic rings. The summed E-state index contributed by atoms with van der Waals surface area (Å²) in [5.41, 5.74) is 0.276. The molecule has 0 aromatic carbocycles. The summed E-state index contributed by atoms with van der Waals surface area (Å²) in [6.07, 6.45) is 3.53. The minimum atomic E-state index is -0.475. The molecule has 126 valence electrons. The van der Waals surface area contributed by atoms with Crippen molar-refractivity contribution in [2.75, 3.05) is 26.7 Å². The summed E-state index contributed by atoms with van der Waals surface area (Å²) < 4.78 is 0. The number of likely N-dealkylation sites (tertiary alicyclic amines) is 2. The van der Waals surface area contributed by atoms with Crippen molar-refractivity contribution in [2.24, 2.45) is 5.41 Å². The van der Waals surface area contributed by atoms with E-state index in [2.05, 4.69) is 4.98 Å². The first-order valence-corrected chi connectivity index (χ1v) is 8.02. The largest absolute Gasteiger partial charge is 0.345 e. The molecule has 0 bridgehead atoms. The number of hydrogen-bond acceptors (Lipinski definition) is 4. The number of nitriles is 1. The summed E-state index contributed by atoms with van der Waals surface area (Å²) in [4.78, 5) is 42.2. The number of aromatic nitrogens is 1. The Morgan fingerprint density at radius 2 is 2.00 bits per heavy atom. The molecule has 0 saturated carbocycles. The zero-order valence-corrected chi connectivity index (χ0v) is 13.9. The van der Waals surface area contributed by atoms with E-state index in [1.54, 1.807) is 16.7 Å². The fourth-order valence-corrected chi connectivity index (χ4v) is 3.77. The van der Waals surface area contributed by atoms with Gasteiger partial charge in [-0.25, -0.2) is 0 Å². The van der Waals surface area contributed by atoms with Crippen LogP contribution < -0.4 is 5.56 Å².